The van der Waals surface area contributed by atoms with Crippen LogP contribution in [0.15, 0.2) is 12.1 Å². The van der Waals surface area contributed by atoms with E-state index >= 15 is 0 Å². The molecule has 0 aliphatic carbocycles. The standard InChI is InChI=1S/C11H15ClFNO/c1-11(2,14)6-7-4-8(15-3)5-9(12)10(7)13/h4-5H,6,14H2,1-3H3. The van der Waals surface area contributed by atoms with Gasteiger partial charge in [-0.15, -0.1) is 0 Å². The van der Waals surface area contributed by atoms with Crippen LogP contribution in [0.5, 0.6) is 5.75 Å². The van der Waals surface area contributed by atoms with Crippen LogP contribution in [0.25, 0.3) is 0 Å². The topological polar surface area (TPSA) is 35.2 Å². The predicted molar refractivity (Wildman–Crippen MR) is 59.9 cm³/mol. The van der Waals surface area contributed by atoms with Gasteiger partial charge in [-0.2, -0.15) is 0 Å². The number of methoxy groups -OCH3 is 1. The van der Waals surface area contributed by atoms with Crippen molar-refractivity contribution in [1.82, 2.24) is 0 Å². The fourth-order valence-corrected chi connectivity index (χ4v) is 1.58. The third-order valence-electron chi connectivity index (χ3n) is 1.96. The molecule has 1 aromatic rings. The molecule has 0 aliphatic heterocycles. The summed E-state index contributed by atoms with van der Waals surface area (Å²) in [4.78, 5) is 0. The van der Waals surface area contributed by atoms with Gasteiger partial charge >= 0.3 is 0 Å². The van der Waals surface area contributed by atoms with Crippen molar-refractivity contribution in [2.75, 3.05) is 7.11 Å². The molecule has 0 aliphatic rings. The fraction of sp³-hybridized carbons (Fsp3) is 0.455. The highest BCUT2D eigenvalue weighted by Gasteiger charge is 2.17. The van der Waals surface area contributed by atoms with Gasteiger partial charge in [0, 0.05) is 11.6 Å². The van der Waals surface area contributed by atoms with Crippen molar-refractivity contribution in [2.24, 2.45) is 5.73 Å². The molecule has 0 saturated heterocycles. The molecule has 1 rings (SSSR count). The van der Waals surface area contributed by atoms with Gasteiger partial charge in [-0.25, -0.2) is 4.39 Å². The summed E-state index contributed by atoms with van der Waals surface area (Å²) in [6.07, 6.45) is 0.412. The Morgan fingerprint density at radius 3 is 2.53 bits per heavy atom. The molecule has 0 atom stereocenters. The maximum Gasteiger partial charge on any atom is 0.145 e. The summed E-state index contributed by atoms with van der Waals surface area (Å²) in [7, 11) is 1.51. The van der Waals surface area contributed by atoms with Crippen LogP contribution >= 0.6 is 11.6 Å². The third-order valence-corrected chi connectivity index (χ3v) is 2.23. The molecule has 84 valence electrons. The molecule has 0 aromatic heterocycles. The molecule has 0 amide bonds. The van der Waals surface area contributed by atoms with E-state index < -0.39 is 11.4 Å². The van der Waals surface area contributed by atoms with Crippen LogP contribution in [0.4, 0.5) is 4.39 Å². The number of ether oxygens (including phenoxy) is 1. The van der Waals surface area contributed by atoms with Crippen molar-refractivity contribution in [3.63, 3.8) is 0 Å². The van der Waals surface area contributed by atoms with Gasteiger partial charge in [0.1, 0.15) is 11.6 Å². The first-order valence-corrected chi connectivity index (χ1v) is 5.02. The normalized spacial score (nSPS) is 11.6. The van der Waals surface area contributed by atoms with Crippen LogP contribution in [-0.4, -0.2) is 12.6 Å². The maximum atomic E-state index is 13.6. The van der Waals surface area contributed by atoms with Gasteiger partial charge in [-0.3, -0.25) is 0 Å². The maximum absolute atomic E-state index is 13.6. The Morgan fingerprint density at radius 2 is 2.07 bits per heavy atom. The Morgan fingerprint density at radius 1 is 1.47 bits per heavy atom. The van der Waals surface area contributed by atoms with Gasteiger partial charge in [0.2, 0.25) is 0 Å². The van der Waals surface area contributed by atoms with E-state index in [0.29, 0.717) is 17.7 Å². The summed E-state index contributed by atoms with van der Waals surface area (Å²) in [6, 6.07) is 3.07. The summed E-state index contributed by atoms with van der Waals surface area (Å²) in [5.74, 6) is 0.122. The van der Waals surface area contributed by atoms with E-state index in [1.807, 2.05) is 13.8 Å². The number of benzene rings is 1. The average molecular weight is 232 g/mol. The van der Waals surface area contributed by atoms with E-state index in [-0.39, 0.29) is 5.02 Å². The molecule has 2 N–H and O–H groups in total. The van der Waals surface area contributed by atoms with Crippen molar-refractivity contribution in [2.45, 2.75) is 25.8 Å². The summed E-state index contributed by atoms with van der Waals surface area (Å²) in [5, 5.41) is 0.0635. The Kier molecular flexibility index (Phi) is 3.58. The van der Waals surface area contributed by atoms with E-state index in [9.17, 15) is 4.39 Å². The molecule has 1 aromatic carbocycles. The van der Waals surface area contributed by atoms with Gasteiger partial charge in [0.25, 0.3) is 0 Å². The minimum Gasteiger partial charge on any atom is -0.497 e. The zero-order valence-corrected chi connectivity index (χ0v) is 9.86. The van der Waals surface area contributed by atoms with Gasteiger partial charge in [0.15, 0.2) is 0 Å². The zero-order chi connectivity index (χ0) is 11.6. The Labute approximate surface area is 94.2 Å². The van der Waals surface area contributed by atoms with Crippen molar-refractivity contribution in [1.29, 1.82) is 0 Å². The van der Waals surface area contributed by atoms with Crippen LogP contribution < -0.4 is 10.5 Å². The average Bonchev–Trinajstić information content (AvgIpc) is 2.10. The van der Waals surface area contributed by atoms with Crippen molar-refractivity contribution in [3.8, 4) is 5.75 Å². The number of hydrogen-bond acceptors (Lipinski definition) is 2. The quantitative estimate of drug-likeness (QED) is 0.868. The van der Waals surface area contributed by atoms with E-state index in [1.165, 1.54) is 13.2 Å². The summed E-state index contributed by atoms with van der Waals surface area (Å²) in [6.45, 7) is 3.67. The summed E-state index contributed by atoms with van der Waals surface area (Å²) >= 11 is 5.73. The molecule has 0 radical (unpaired) electrons. The highest BCUT2D eigenvalue weighted by atomic mass is 35.5. The molecule has 0 unspecified atom stereocenters. The lowest BCUT2D eigenvalue weighted by atomic mass is 9.96. The first-order chi connectivity index (χ1) is 6.83. The van der Waals surface area contributed by atoms with Gasteiger partial charge in [0.05, 0.1) is 12.1 Å². The van der Waals surface area contributed by atoms with Crippen LogP contribution in [0.2, 0.25) is 5.02 Å². The molecule has 0 heterocycles. The Balaban J connectivity index is 3.11. The first-order valence-electron chi connectivity index (χ1n) is 4.64. The lowest BCUT2D eigenvalue weighted by Gasteiger charge is -2.19. The third kappa shape index (κ3) is 3.36. The lowest BCUT2D eigenvalue weighted by molar-refractivity contribution is 0.411. The largest absolute Gasteiger partial charge is 0.497 e. The minimum atomic E-state index is -0.476. The fourth-order valence-electron chi connectivity index (χ4n) is 1.36. The number of hydrogen-bond donors (Lipinski definition) is 1. The zero-order valence-electron chi connectivity index (χ0n) is 9.10. The molecule has 0 bridgehead atoms. The highest BCUT2D eigenvalue weighted by Crippen LogP contribution is 2.27. The second-order valence-corrected chi connectivity index (χ2v) is 4.65. The molecule has 4 heteroatoms. The van der Waals surface area contributed by atoms with Crippen molar-refractivity contribution in [3.05, 3.63) is 28.5 Å². The number of rotatable bonds is 3. The monoisotopic (exact) mass is 231 g/mol. The molecule has 15 heavy (non-hydrogen) atoms. The number of nitrogens with two attached hydrogens (primary N) is 1. The van der Waals surface area contributed by atoms with Crippen LogP contribution in [0, 0.1) is 5.82 Å². The lowest BCUT2D eigenvalue weighted by Crippen LogP contribution is -2.34. The van der Waals surface area contributed by atoms with Gasteiger partial charge in [-0.1, -0.05) is 11.6 Å². The first kappa shape index (κ1) is 12.3. The molecule has 0 spiro atoms. The molecule has 0 fully saturated rings. The summed E-state index contributed by atoms with van der Waals surface area (Å²) < 4.78 is 18.6. The summed E-state index contributed by atoms with van der Waals surface area (Å²) in [5.41, 5.74) is 5.83. The SMILES string of the molecule is COc1cc(Cl)c(F)c(CC(C)(C)N)c1. The van der Waals surface area contributed by atoms with Crippen molar-refractivity contribution >= 4 is 11.6 Å². The highest BCUT2D eigenvalue weighted by molar-refractivity contribution is 6.30. The van der Waals surface area contributed by atoms with Gasteiger partial charge < -0.3 is 10.5 Å². The molecular formula is C11H15ClFNO. The van der Waals surface area contributed by atoms with Crippen LogP contribution in [-0.2, 0) is 6.42 Å². The van der Waals surface area contributed by atoms with E-state index in [0.717, 1.165) is 0 Å². The van der Waals surface area contributed by atoms with Crippen molar-refractivity contribution < 1.29 is 9.13 Å². The van der Waals surface area contributed by atoms with Gasteiger partial charge in [-0.05, 0) is 31.9 Å². The molecule has 0 saturated carbocycles. The van der Waals surface area contributed by atoms with E-state index in [4.69, 9.17) is 22.1 Å². The Hall–Kier alpha value is -0.800. The van der Waals surface area contributed by atoms with Crippen LogP contribution in [0.1, 0.15) is 19.4 Å². The van der Waals surface area contributed by atoms with Crippen LogP contribution in [0.3, 0.4) is 0 Å². The van der Waals surface area contributed by atoms with E-state index in [2.05, 4.69) is 0 Å². The smallest absolute Gasteiger partial charge is 0.145 e. The molecular weight excluding hydrogens is 217 g/mol. The molecule has 2 nitrogen and oxygen atoms in total. The second kappa shape index (κ2) is 4.37. The number of halogens is 2. The predicted octanol–water partition coefficient (Wildman–Crippen LogP) is 2.77. The second-order valence-electron chi connectivity index (χ2n) is 4.25. The van der Waals surface area contributed by atoms with E-state index in [1.54, 1.807) is 6.07 Å². The Bertz CT molecular complexity index is 360. The minimum absolute atomic E-state index is 0.0635.